The molecular weight excluding hydrogens is 254 g/mol. The summed E-state index contributed by atoms with van der Waals surface area (Å²) in [6, 6.07) is 0. The summed E-state index contributed by atoms with van der Waals surface area (Å²) < 4.78 is 0. The lowest BCUT2D eigenvalue weighted by molar-refractivity contribution is 1.21. The van der Waals surface area contributed by atoms with Gasteiger partial charge in [0.25, 0.3) is 0 Å². The molecule has 0 aliphatic heterocycles. The molecule has 0 saturated heterocycles. The van der Waals surface area contributed by atoms with Crippen molar-refractivity contribution in [1.82, 2.24) is 0 Å². The number of allylic oxidation sites excluding steroid dienone is 4. The molecule has 1 aromatic rings. The smallest absolute Gasteiger partial charge is 0.00499 e. The van der Waals surface area contributed by atoms with Gasteiger partial charge >= 0.3 is 0 Å². The fourth-order valence-corrected chi connectivity index (χ4v) is 4.80. The molecule has 0 N–H and O–H groups in total. The molecule has 0 radical (unpaired) electrons. The predicted molar refractivity (Wildman–Crippen MR) is 87.1 cm³/mol. The lowest BCUT2D eigenvalue weighted by Crippen LogP contribution is -1.92. The van der Waals surface area contributed by atoms with E-state index < -0.39 is 0 Å². The number of rotatable bonds is 8. The number of hydrogen-bond donors (Lipinski definition) is 0. The van der Waals surface area contributed by atoms with Gasteiger partial charge in [-0.3, -0.25) is 0 Å². The van der Waals surface area contributed by atoms with Gasteiger partial charge in [-0.05, 0) is 46.9 Å². The SMILES string of the molecule is C=CCc1pc(CC=C)c(CC=C)pc1CC=C. The largest absolute Gasteiger partial charge is 0.103 e. The Morgan fingerprint density at radius 3 is 0.944 bits per heavy atom. The monoisotopic (exact) mass is 274 g/mol. The van der Waals surface area contributed by atoms with Crippen molar-refractivity contribution >= 4 is 16.4 Å². The van der Waals surface area contributed by atoms with Gasteiger partial charge in [0, 0.05) is 0 Å². The Morgan fingerprint density at radius 1 is 0.556 bits per heavy atom. The molecule has 0 nitrogen and oxygen atoms in total. The van der Waals surface area contributed by atoms with Crippen molar-refractivity contribution < 1.29 is 0 Å². The van der Waals surface area contributed by atoms with Crippen LogP contribution in [0.15, 0.2) is 50.6 Å². The topological polar surface area (TPSA) is 0 Å². The average molecular weight is 274 g/mol. The van der Waals surface area contributed by atoms with Gasteiger partial charge in [0.1, 0.15) is 0 Å². The Labute approximate surface area is 114 Å². The molecule has 0 amide bonds. The molecule has 18 heavy (non-hydrogen) atoms. The summed E-state index contributed by atoms with van der Waals surface area (Å²) in [6.45, 7) is 15.4. The fraction of sp³-hybridized carbons (Fsp3) is 0.250. The zero-order valence-corrected chi connectivity index (χ0v) is 12.6. The summed E-state index contributed by atoms with van der Waals surface area (Å²) in [4.78, 5) is 0. The van der Waals surface area contributed by atoms with Crippen LogP contribution >= 0.6 is 16.4 Å². The molecule has 0 aromatic carbocycles. The minimum atomic E-state index is 0.972. The maximum absolute atomic E-state index is 3.86. The lowest BCUT2D eigenvalue weighted by atomic mass is 10.2. The van der Waals surface area contributed by atoms with E-state index in [0.717, 1.165) is 25.7 Å². The molecule has 1 aromatic heterocycles. The van der Waals surface area contributed by atoms with Gasteiger partial charge in [-0.1, -0.05) is 40.7 Å². The van der Waals surface area contributed by atoms with Crippen molar-refractivity contribution in [1.29, 1.82) is 0 Å². The summed E-state index contributed by atoms with van der Waals surface area (Å²) in [5.74, 6) is 0. The Hall–Kier alpha value is -0.960. The third-order valence-corrected chi connectivity index (χ3v) is 5.80. The van der Waals surface area contributed by atoms with Crippen LogP contribution in [0.1, 0.15) is 21.2 Å². The van der Waals surface area contributed by atoms with Gasteiger partial charge in [0.2, 0.25) is 0 Å². The first-order chi connectivity index (χ1) is 8.76. The summed E-state index contributed by atoms with van der Waals surface area (Å²) in [6.07, 6.45) is 11.9. The maximum Gasteiger partial charge on any atom is -0.00499 e. The lowest BCUT2D eigenvalue weighted by Gasteiger charge is -2.12. The van der Waals surface area contributed by atoms with Crippen LogP contribution in [0.2, 0.25) is 0 Å². The van der Waals surface area contributed by atoms with Gasteiger partial charge in [-0.2, -0.15) is 0 Å². The van der Waals surface area contributed by atoms with E-state index in [9.17, 15) is 0 Å². The molecule has 0 aliphatic rings. The fourth-order valence-electron chi connectivity index (χ4n) is 1.78. The molecule has 0 atom stereocenters. The van der Waals surface area contributed by atoms with E-state index in [1.54, 1.807) is 0 Å². The first-order valence-electron chi connectivity index (χ1n) is 6.07. The van der Waals surface area contributed by atoms with Crippen LogP contribution in [0.3, 0.4) is 0 Å². The first-order valence-corrected chi connectivity index (χ1v) is 7.86. The van der Waals surface area contributed by atoms with E-state index in [-0.39, 0.29) is 0 Å². The van der Waals surface area contributed by atoms with Crippen LogP contribution in [0, 0.1) is 0 Å². The molecule has 94 valence electrons. The van der Waals surface area contributed by atoms with Crippen molar-refractivity contribution in [2.75, 3.05) is 0 Å². The molecule has 0 bridgehead atoms. The first kappa shape index (κ1) is 15.1. The highest BCUT2D eigenvalue weighted by atomic mass is 31.0. The van der Waals surface area contributed by atoms with Gasteiger partial charge in [0.15, 0.2) is 0 Å². The van der Waals surface area contributed by atoms with Crippen molar-refractivity contribution in [3.05, 3.63) is 71.8 Å². The molecule has 1 heterocycles. The van der Waals surface area contributed by atoms with Crippen molar-refractivity contribution in [3.63, 3.8) is 0 Å². The highest BCUT2D eigenvalue weighted by Gasteiger charge is 2.08. The minimum absolute atomic E-state index is 0.972. The molecule has 0 unspecified atom stereocenters. The molecule has 0 saturated carbocycles. The Balaban J connectivity index is 3.27. The van der Waals surface area contributed by atoms with E-state index in [1.165, 1.54) is 37.6 Å². The molecule has 0 aliphatic carbocycles. The zero-order valence-electron chi connectivity index (χ0n) is 10.9. The van der Waals surface area contributed by atoms with Gasteiger partial charge in [0.05, 0.1) is 0 Å². The Kier molecular flexibility index (Phi) is 6.88. The van der Waals surface area contributed by atoms with E-state index in [2.05, 4.69) is 26.3 Å². The second-order valence-corrected chi connectivity index (χ2v) is 6.59. The summed E-state index contributed by atoms with van der Waals surface area (Å²) in [7, 11) is 2.68. The quantitative estimate of drug-likeness (QED) is 0.528. The second kappa shape index (κ2) is 8.20. The highest BCUT2D eigenvalue weighted by Crippen LogP contribution is 2.37. The van der Waals surface area contributed by atoms with Crippen LogP contribution in [0.5, 0.6) is 0 Å². The summed E-state index contributed by atoms with van der Waals surface area (Å²) in [5, 5.41) is 5.93. The second-order valence-electron chi connectivity index (χ2n) is 3.98. The van der Waals surface area contributed by atoms with Crippen LogP contribution in [-0.2, 0) is 25.7 Å². The molecule has 0 fully saturated rings. The predicted octanol–water partition coefficient (Wildman–Crippen LogP) is 5.76. The van der Waals surface area contributed by atoms with Gasteiger partial charge in [-0.25, -0.2) is 0 Å². The van der Waals surface area contributed by atoms with Crippen LogP contribution in [0.4, 0.5) is 0 Å². The Morgan fingerprint density at radius 2 is 0.778 bits per heavy atom. The standard InChI is InChI=1S/C16H20P2/c1-5-9-13-14(10-6-2)18-16(12-8-4)15(17-13)11-7-3/h5-8H,1-4,9-12H2. The van der Waals surface area contributed by atoms with Crippen molar-refractivity contribution in [2.45, 2.75) is 25.7 Å². The van der Waals surface area contributed by atoms with E-state index >= 15 is 0 Å². The normalized spacial score (nSPS) is 10.7. The molecule has 2 heteroatoms. The summed E-state index contributed by atoms with van der Waals surface area (Å²) in [5.41, 5.74) is 0. The van der Waals surface area contributed by atoms with Crippen LogP contribution in [-0.4, -0.2) is 0 Å². The maximum atomic E-state index is 3.86. The van der Waals surface area contributed by atoms with Crippen molar-refractivity contribution in [2.24, 2.45) is 0 Å². The van der Waals surface area contributed by atoms with E-state index in [1.807, 2.05) is 24.3 Å². The number of hydrogen-bond acceptors (Lipinski definition) is 0. The third kappa shape index (κ3) is 4.05. The average Bonchev–Trinajstić information content (AvgIpc) is 2.35. The van der Waals surface area contributed by atoms with Crippen molar-refractivity contribution in [3.8, 4) is 0 Å². The Bertz CT molecular complexity index is 376. The molecule has 0 spiro atoms. The van der Waals surface area contributed by atoms with Crippen LogP contribution in [0.25, 0.3) is 0 Å². The van der Waals surface area contributed by atoms with Gasteiger partial charge in [-0.15, -0.1) is 26.3 Å². The van der Waals surface area contributed by atoms with Crippen LogP contribution < -0.4 is 0 Å². The van der Waals surface area contributed by atoms with E-state index in [0.29, 0.717) is 0 Å². The molecule has 1 rings (SSSR count). The summed E-state index contributed by atoms with van der Waals surface area (Å²) >= 11 is 0. The zero-order chi connectivity index (χ0) is 13.4. The van der Waals surface area contributed by atoms with E-state index in [4.69, 9.17) is 0 Å². The minimum Gasteiger partial charge on any atom is -0.103 e. The molecular formula is C16H20P2. The third-order valence-electron chi connectivity index (χ3n) is 2.56. The van der Waals surface area contributed by atoms with Gasteiger partial charge < -0.3 is 0 Å². The highest BCUT2D eigenvalue weighted by molar-refractivity contribution is 7.39.